The summed E-state index contributed by atoms with van der Waals surface area (Å²) < 4.78 is 5.37. The number of rotatable bonds is 3. The Balaban J connectivity index is 1.85. The van der Waals surface area contributed by atoms with Gasteiger partial charge < -0.3 is 14.4 Å². The molecule has 3 aromatic rings. The molecule has 24 heavy (non-hydrogen) atoms. The maximum Gasteiger partial charge on any atom is 0.279 e. The van der Waals surface area contributed by atoms with E-state index in [-0.39, 0.29) is 23.2 Å². The van der Waals surface area contributed by atoms with Gasteiger partial charge in [-0.3, -0.25) is 4.79 Å². The Kier molecular flexibility index (Phi) is 4.46. The smallest absolute Gasteiger partial charge is 0.279 e. The predicted octanol–water partition coefficient (Wildman–Crippen LogP) is 4.63. The lowest BCUT2D eigenvalue weighted by atomic mass is 10.2. The zero-order valence-electron chi connectivity index (χ0n) is 12.5. The Bertz CT molecular complexity index is 891. The van der Waals surface area contributed by atoms with Crippen LogP contribution in [0.1, 0.15) is 10.5 Å². The van der Waals surface area contributed by atoms with E-state index in [1.165, 1.54) is 23.3 Å². The summed E-state index contributed by atoms with van der Waals surface area (Å²) in [5, 5.41) is 10.1. The first kappa shape index (κ1) is 16.4. The Hall–Kier alpha value is -2.50. The summed E-state index contributed by atoms with van der Waals surface area (Å²) in [5.41, 5.74) is 1.40. The second-order valence-corrected chi connectivity index (χ2v) is 5.86. The fourth-order valence-electron chi connectivity index (χ4n) is 2.10. The number of hydrogen-bond donors (Lipinski definition) is 1. The van der Waals surface area contributed by atoms with Crippen molar-refractivity contribution in [2.45, 2.75) is 0 Å². The zero-order valence-corrected chi connectivity index (χ0v) is 14.0. The number of oxazole rings is 1. The number of halogens is 2. The summed E-state index contributed by atoms with van der Waals surface area (Å²) >= 11 is 11.9. The minimum absolute atomic E-state index is 0.128. The molecule has 0 aliphatic heterocycles. The Labute approximate surface area is 148 Å². The highest BCUT2D eigenvalue weighted by atomic mass is 35.5. The molecule has 3 rings (SSSR count). The molecule has 0 bridgehead atoms. The lowest BCUT2D eigenvalue weighted by molar-refractivity contribution is 0.0988. The van der Waals surface area contributed by atoms with Gasteiger partial charge in [-0.05, 0) is 42.5 Å². The van der Waals surface area contributed by atoms with Crippen LogP contribution in [-0.4, -0.2) is 23.0 Å². The van der Waals surface area contributed by atoms with Gasteiger partial charge in [-0.25, -0.2) is 4.98 Å². The molecule has 1 heterocycles. The summed E-state index contributed by atoms with van der Waals surface area (Å²) in [4.78, 5) is 18.1. The predicted molar refractivity (Wildman–Crippen MR) is 92.8 cm³/mol. The molecule has 0 aliphatic rings. The molecule has 0 atom stereocenters. The number of nitrogens with zero attached hydrogens (tertiary/aromatic N) is 2. The summed E-state index contributed by atoms with van der Waals surface area (Å²) in [7, 11) is 1.61. The van der Waals surface area contributed by atoms with E-state index in [0.29, 0.717) is 21.3 Å². The number of hydrogen-bond acceptors (Lipinski definition) is 4. The molecule has 0 fully saturated rings. The van der Waals surface area contributed by atoms with Crippen LogP contribution in [0.5, 0.6) is 5.75 Å². The van der Waals surface area contributed by atoms with Crippen LogP contribution in [0.15, 0.2) is 53.1 Å². The highest BCUT2D eigenvalue weighted by Crippen LogP contribution is 2.28. The van der Waals surface area contributed by atoms with Crippen molar-refractivity contribution in [1.82, 2.24) is 4.98 Å². The van der Waals surface area contributed by atoms with Crippen molar-refractivity contribution >= 4 is 34.8 Å². The molecule has 2 aromatic carbocycles. The number of amides is 1. The number of phenols is 1. The van der Waals surface area contributed by atoms with E-state index in [1.807, 2.05) is 0 Å². The molecule has 0 saturated carbocycles. The molecule has 1 N–H and O–H groups in total. The van der Waals surface area contributed by atoms with Gasteiger partial charge in [0.15, 0.2) is 5.69 Å². The molecule has 0 spiro atoms. The van der Waals surface area contributed by atoms with Crippen molar-refractivity contribution in [2.75, 3.05) is 11.9 Å². The van der Waals surface area contributed by atoms with E-state index >= 15 is 0 Å². The fraction of sp³-hybridized carbons (Fsp3) is 0.0588. The molecule has 0 radical (unpaired) electrons. The average molecular weight is 363 g/mol. The second-order valence-electron chi connectivity index (χ2n) is 5.05. The molecule has 122 valence electrons. The van der Waals surface area contributed by atoms with E-state index in [4.69, 9.17) is 27.6 Å². The normalized spacial score (nSPS) is 10.6. The van der Waals surface area contributed by atoms with Crippen molar-refractivity contribution < 1.29 is 14.3 Å². The quantitative estimate of drug-likeness (QED) is 0.737. The first-order valence-corrected chi connectivity index (χ1v) is 7.69. The molecule has 0 unspecified atom stereocenters. The lowest BCUT2D eigenvalue weighted by Crippen LogP contribution is -2.26. The van der Waals surface area contributed by atoms with Gasteiger partial charge in [0.25, 0.3) is 5.91 Å². The molecule has 5 nitrogen and oxygen atoms in total. The molecule has 1 amide bonds. The van der Waals surface area contributed by atoms with Crippen molar-refractivity contribution in [2.24, 2.45) is 0 Å². The third kappa shape index (κ3) is 3.22. The maximum atomic E-state index is 12.5. The highest BCUT2D eigenvalue weighted by Gasteiger charge is 2.19. The van der Waals surface area contributed by atoms with Crippen LogP contribution in [0.4, 0.5) is 5.69 Å². The van der Waals surface area contributed by atoms with Gasteiger partial charge in [0.05, 0.1) is 10.0 Å². The fourth-order valence-corrected chi connectivity index (χ4v) is 2.40. The van der Waals surface area contributed by atoms with Crippen LogP contribution in [0.3, 0.4) is 0 Å². The standard InChI is InChI=1S/C17H12Cl2N2O3/c1-21(11-3-5-12(22)6-4-11)17(23)15-9-24-16(20-15)10-2-7-13(18)14(19)8-10/h2-9,22H,1H3. The highest BCUT2D eigenvalue weighted by molar-refractivity contribution is 6.42. The molecule has 1 aromatic heterocycles. The SMILES string of the molecule is CN(C(=O)c1coc(-c2ccc(Cl)c(Cl)c2)n1)c1ccc(O)cc1. The molecular weight excluding hydrogens is 351 g/mol. The topological polar surface area (TPSA) is 66.6 Å². The van der Waals surface area contributed by atoms with Crippen molar-refractivity contribution in [3.63, 3.8) is 0 Å². The van der Waals surface area contributed by atoms with E-state index in [1.54, 1.807) is 37.4 Å². The van der Waals surface area contributed by atoms with E-state index in [0.717, 1.165) is 0 Å². The van der Waals surface area contributed by atoms with Crippen molar-refractivity contribution in [3.05, 3.63) is 64.5 Å². The first-order chi connectivity index (χ1) is 11.5. The minimum Gasteiger partial charge on any atom is -0.508 e. The van der Waals surface area contributed by atoms with Gasteiger partial charge in [-0.15, -0.1) is 0 Å². The number of aromatic nitrogens is 1. The van der Waals surface area contributed by atoms with Crippen LogP contribution in [0, 0.1) is 0 Å². The number of aromatic hydroxyl groups is 1. The number of carbonyl (C=O) groups excluding carboxylic acids is 1. The molecule has 0 saturated heterocycles. The second kappa shape index (κ2) is 6.55. The van der Waals surface area contributed by atoms with Crippen molar-refractivity contribution in [1.29, 1.82) is 0 Å². The van der Waals surface area contributed by atoms with Crippen LogP contribution in [0.2, 0.25) is 10.0 Å². The van der Waals surface area contributed by atoms with Crippen LogP contribution in [0.25, 0.3) is 11.5 Å². The summed E-state index contributed by atoms with van der Waals surface area (Å²) in [6.07, 6.45) is 1.29. The van der Waals surface area contributed by atoms with Crippen LogP contribution < -0.4 is 4.90 Å². The van der Waals surface area contributed by atoms with Gasteiger partial charge in [0, 0.05) is 18.3 Å². The van der Waals surface area contributed by atoms with E-state index in [2.05, 4.69) is 4.98 Å². The molecule has 7 heteroatoms. The summed E-state index contributed by atoms with van der Waals surface area (Å²) in [6, 6.07) is 11.2. The Morgan fingerprint density at radius 3 is 2.50 bits per heavy atom. The van der Waals surface area contributed by atoms with Gasteiger partial charge in [-0.1, -0.05) is 23.2 Å². The van der Waals surface area contributed by atoms with E-state index in [9.17, 15) is 9.90 Å². The Morgan fingerprint density at radius 1 is 1.12 bits per heavy atom. The van der Waals surface area contributed by atoms with E-state index < -0.39 is 0 Å². The Morgan fingerprint density at radius 2 is 1.83 bits per heavy atom. The molecular formula is C17H12Cl2N2O3. The summed E-state index contributed by atoms with van der Waals surface area (Å²) in [6.45, 7) is 0. The van der Waals surface area contributed by atoms with Gasteiger partial charge in [0.1, 0.15) is 12.0 Å². The number of phenolic OH excluding ortho intramolecular Hbond substituents is 1. The third-order valence-corrected chi connectivity index (χ3v) is 4.17. The van der Waals surface area contributed by atoms with Gasteiger partial charge in [0.2, 0.25) is 5.89 Å². The third-order valence-electron chi connectivity index (χ3n) is 3.43. The monoisotopic (exact) mass is 362 g/mol. The van der Waals surface area contributed by atoms with Gasteiger partial charge >= 0.3 is 0 Å². The first-order valence-electron chi connectivity index (χ1n) is 6.94. The van der Waals surface area contributed by atoms with Crippen LogP contribution in [-0.2, 0) is 0 Å². The number of carbonyl (C=O) groups is 1. The average Bonchev–Trinajstić information content (AvgIpc) is 3.07. The zero-order chi connectivity index (χ0) is 17.3. The maximum absolute atomic E-state index is 12.5. The molecule has 0 aliphatic carbocycles. The largest absolute Gasteiger partial charge is 0.508 e. The minimum atomic E-state index is -0.337. The number of benzene rings is 2. The lowest BCUT2D eigenvalue weighted by Gasteiger charge is -2.15. The van der Waals surface area contributed by atoms with Crippen LogP contribution >= 0.6 is 23.2 Å². The van der Waals surface area contributed by atoms with Gasteiger partial charge in [-0.2, -0.15) is 0 Å². The van der Waals surface area contributed by atoms with Crippen molar-refractivity contribution in [3.8, 4) is 17.2 Å². The summed E-state index contributed by atoms with van der Waals surface area (Å²) in [5.74, 6) is 0.0645. The number of anilines is 1.